The molecule has 0 radical (unpaired) electrons. The maximum atomic E-state index is 11.7. The van der Waals surface area contributed by atoms with E-state index in [2.05, 4.69) is 10.6 Å². The van der Waals surface area contributed by atoms with E-state index >= 15 is 0 Å². The minimum Gasteiger partial charge on any atom is -0.497 e. The Kier molecular flexibility index (Phi) is 7.24. The fourth-order valence-electron chi connectivity index (χ4n) is 1.99. The first-order valence-corrected chi connectivity index (χ1v) is 7.77. The van der Waals surface area contributed by atoms with E-state index in [0.717, 1.165) is 5.75 Å². The highest BCUT2D eigenvalue weighted by Gasteiger charge is 2.04. The quantitative estimate of drug-likeness (QED) is 0.539. The molecule has 0 unspecified atom stereocenters. The van der Waals surface area contributed by atoms with Crippen molar-refractivity contribution in [3.05, 3.63) is 48.5 Å². The minimum absolute atomic E-state index is 0.0333. The normalized spacial score (nSPS) is 9.84. The lowest BCUT2D eigenvalue weighted by molar-refractivity contribution is 0.218. The third kappa shape index (κ3) is 6.14. The number of carbonyl (C=O) groups is 1. The molecule has 0 heterocycles. The van der Waals surface area contributed by atoms with E-state index in [1.165, 1.54) is 0 Å². The molecule has 0 saturated heterocycles. The van der Waals surface area contributed by atoms with Crippen LogP contribution in [0.4, 0.5) is 4.79 Å². The van der Waals surface area contributed by atoms with E-state index < -0.39 is 0 Å². The number of methoxy groups -OCH3 is 2. The van der Waals surface area contributed by atoms with Gasteiger partial charge in [0, 0.05) is 0 Å². The van der Waals surface area contributed by atoms with E-state index in [4.69, 9.17) is 18.9 Å². The Morgan fingerprint density at radius 1 is 0.840 bits per heavy atom. The standard InChI is InChI=1S/C18H22N2O5/c1-22-14-7-9-15(10-8-14)24-12-11-19-18(21)20-13-25-17-6-4-3-5-16(17)23-2/h3-10H,11-13H2,1-2H3,(H2,19,20,21). The van der Waals surface area contributed by atoms with Crippen molar-refractivity contribution in [2.24, 2.45) is 0 Å². The molecule has 25 heavy (non-hydrogen) atoms. The number of para-hydroxylation sites is 2. The van der Waals surface area contributed by atoms with Crippen LogP contribution in [0.3, 0.4) is 0 Å². The molecule has 0 saturated carbocycles. The number of benzene rings is 2. The van der Waals surface area contributed by atoms with Crippen LogP contribution in [0, 0.1) is 0 Å². The Hall–Kier alpha value is -3.09. The molecule has 2 aromatic carbocycles. The first kappa shape index (κ1) is 18.3. The number of ether oxygens (including phenoxy) is 4. The topological polar surface area (TPSA) is 78.1 Å². The van der Waals surface area contributed by atoms with Crippen LogP contribution in [0.2, 0.25) is 0 Å². The fourth-order valence-corrected chi connectivity index (χ4v) is 1.99. The van der Waals surface area contributed by atoms with Crippen molar-refractivity contribution < 1.29 is 23.7 Å². The van der Waals surface area contributed by atoms with E-state index in [1.807, 2.05) is 24.3 Å². The first-order chi connectivity index (χ1) is 12.2. The molecule has 7 heteroatoms. The summed E-state index contributed by atoms with van der Waals surface area (Å²) in [6, 6.07) is 14.1. The van der Waals surface area contributed by atoms with Gasteiger partial charge in [-0.05, 0) is 36.4 Å². The van der Waals surface area contributed by atoms with Crippen molar-refractivity contribution in [1.82, 2.24) is 10.6 Å². The zero-order chi connectivity index (χ0) is 17.9. The van der Waals surface area contributed by atoms with Crippen molar-refractivity contribution in [2.75, 3.05) is 34.1 Å². The first-order valence-electron chi connectivity index (χ1n) is 7.77. The molecule has 2 N–H and O–H groups in total. The molecule has 0 atom stereocenters. The molecule has 2 aromatic rings. The zero-order valence-corrected chi connectivity index (χ0v) is 14.3. The van der Waals surface area contributed by atoms with Gasteiger partial charge in [0.05, 0.1) is 20.8 Å². The lowest BCUT2D eigenvalue weighted by Gasteiger charge is -2.12. The third-order valence-corrected chi connectivity index (χ3v) is 3.25. The number of carbonyl (C=O) groups excluding carboxylic acids is 1. The highest BCUT2D eigenvalue weighted by atomic mass is 16.5. The molecule has 0 fully saturated rings. The molecule has 0 aliphatic heterocycles. The molecule has 134 valence electrons. The maximum Gasteiger partial charge on any atom is 0.317 e. The number of hydrogen-bond acceptors (Lipinski definition) is 5. The highest BCUT2D eigenvalue weighted by Crippen LogP contribution is 2.25. The summed E-state index contributed by atoms with van der Waals surface area (Å²) in [5.41, 5.74) is 0. The molecule has 2 amide bonds. The van der Waals surface area contributed by atoms with Crippen LogP contribution in [0.1, 0.15) is 0 Å². The Morgan fingerprint density at radius 3 is 2.20 bits per heavy atom. The number of rotatable bonds is 9. The summed E-state index contributed by atoms with van der Waals surface area (Å²) in [7, 11) is 3.17. The van der Waals surface area contributed by atoms with Gasteiger partial charge < -0.3 is 29.6 Å². The predicted octanol–water partition coefficient (Wildman–Crippen LogP) is 2.42. The van der Waals surface area contributed by atoms with Crippen LogP contribution in [0.15, 0.2) is 48.5 Å². The summed E-state index contributed by atoms with van der Waals surface area (Å²) in [6.07, 6.45) is 0. The largest absolute Gasteiger partial charge is 0.497 e. The lowest BCUT2D eigenvalue weighted by Crippen LogP contribution is -2.39. The predicted molar refractivity (Wildman–Crippen MR) is 93.5 cm³/mol. The average molecular weight is 346 g/mol. The molecule has 0 aliphatic carbocycles. The van der Waals surface area contributed by atoms with E-state index in [0.29, 0.717) is 30.4 Å². The van der Waals surface area contributed by atoms with Crippen LogP contribution in [0.5, 0.6) is 23.0 Å². The smallest absolute Gasteiger partial charge is 0.317 e. The fraction of sp³-hybridized carbons (Fsp3) is 0.278. The van der Waals surface area contributed by atoms with Crippen molar-refractivity contribution in [3.63, 3.8) is 0 Å². The van der Waals surface area contributed by atoms with Crippen molar-refractivity contribution in [1.29, 1.82) is 0 Å². The Morgan fingerprint density at radius 2 is 1.52 bits per heavy atom. The molecular weight excluding hydrogens is 324 g/mol. The van der Waals surface area contributed by atoms with Gasteiger partial charge in [0.25, 0.3) is 0 Å². The van der Waals surface area contributed by atoms with Crippen LogP contribution >= 0.6 is 0 Å². The van der Waals surface area contributed by atoms with Gasteiger partial charge in [-0.2, -0.15) is 0 Å². The zero-order valence-electron chi connectivity index (χ0n) is 14.3. The highest BCUT2D eigenvalue weighted by molar-refractivity contribution is 5.73. The lowest BCUT2D eigenvalue weighted by atomic mass is 10.3. The van der Waals surface area contributed by atoms with Gasteiger partial charge >= 0.3 is 6.03 Å². The summed E-state index contributed by atoms with van der Waals surface area (Å²) < 4.78 is 21.2. The second-order valence-electron chi connectivity index (χ2n) is 4.90. The Bertz CT molecular complexity index is 661. The summed E-state index contributed by atoms with van der Waals surface area (Å²) in [4.78, 5) is 11.7. The number of nitrogens with one attached hydrogen (secondary N) is 2. The summed E-state index contributed by atoms with van der Waals surface area (Å²) >= 11 is 0. The monoisotopic (exact) mass is 346 g/mol. The second kappa shape index (κ2) is 9.92. The molecule has 0 spiro atoms. The molecule has 2 rings (SSSR count). The Balaban J connectivity index is 1.60. The van der Waals surface area contributed by atoms with Crippen molar-refractivity contribution in [3.8, 4) is 23.0 Å². The molecule has 0 bridgehead atoms. The maximum absolute atomic E-state index is 11.7. The van der Waals surface area contributed by atoms with Gasteiger partial charge in [-0.25, -0.2) is 4.79 Å². The molecule has 0 aliphatic rings. The third-order valence-electron chi connectivity index (χ3n) is 3.25. The van der Waals surface area contributed by atoms with Gasteiger partial charge in [0.15, 0.2) is 18.2 Å². The average Bonchev–Trinajstić information content (AvgIpc) is 2.66. The van der Waals surface area contributed by atoms with E-state index in [9.17, 15) is 4.79 Å². The van der Waals surface area contributed by atoms with Gasteiger partial charge in [-0.15, -0.1) is 0 Å². The van der Waals surface area contributed by atoms with Crippen molar-refractivity contribution >= 4 is 6.03 Å². The molecule has 0 aromatic heterocycles. The summed E-state index contributed by atoms with van der Waals surface area (Å²) in [6.45, 7) is 0.755. The van der Waals surface area contributed by atoms with Crippen LogP contribution in [-0.2, 0) is 0 Å². The Labute approximate surface area is 146 Å². The molecular formula is C18H22N2O5. The van der Waals surface area contributed by atoms with Gasteiger partial charge in [0.1, 0.15) is 18.1 Å². The SMILES string of the molecule is COc1ccc(OCCNC(=O)NCOc2ccccc2OC)cc1. The number of urea groups is 1. The summed E-state index contributed by atoms with van der Waals surface area (Å²) in [5.74, 6) is 2.65. The minimum atomic E-state index is -0.340. The number of hydrogen-bond donors (Lipinski definition) is 2. The van der Waals surface area contributed by atoms with Crippen LogP contribution in [0.25, 0.3) is 0 Å². The van der Waals surface area contributed by atoms with Gasteiger partial charge in [0.2, 0.25) is 0 Å². The van der Waals surface area contributed by atoms with Crippen LogP contribution in [-0.4, -0.2) is 40.1 Å². The molecule has 7 nitrogen and oxygen atoms in total. The van der Waals surface area contributed by atoms with Gasteiger partial charge in [-0.3, -0.25) is 0 Å². The van der Waals surface area contributed by atoms with Gasteiger partial charge in [-0.1, -0.05) is 12.1 Å². The van der Waals surface area contributed by atoms with Crippen molar-refractivity contribution in [2.45, 2.75) is 0 Å². The van der Waals surface area contributed by atoms with E-state index in [-0.39, 0.29) is 12.8 Å². The number of amides is 2. The van der Waals surface area contributed by atoms with Crippen LogP contribution < -0.4 is 29.6 Å². The second-order valence-corrected chi connectivity index (χ2v) is 4.90. The van der Waals surface area contributed by atoms with E-state index in [1.54, 1.807) is 38.5 Å². The summed E-state index contributed by atoms with van der Waals surface area (Å²) in [5, 5.41) is 5.28.